The number of carbonyl (C=O) groups excluding carboxylic acids is 1. The molecule has 1 aromatic carbocycles. The van der Waals surface area contributed by atoms with Crippen LogP contribution < -0.4 is 16.6 Å². The van der Waals surface area contributed by atoms with E-state index in [0.29, 0.717) is 10.7 Å². The molecule has 0 unspecified atom stereocenters. The zero-order chi connectivity index (χ0) is 13.8. The molecule has 2 rings (SSSR count). The fourth-order valence-electron chi connectivity index (χ4n) is 1.57. The molecule has 3 N–H and O–H groups in total. The zero-order valence-corrected chi connectivity index (χ0v) is 10.7. The number of nitrogens with two attached hydrogens (primary N) is 1. The molecule has 1 aromatic heterocycles. The average molecular weight is 278 g/mol. The number of amides is 1. The molecule has 1 heterocycles. The van der Waals surface area contributed by atoms with Crippen LogP contribution in [0.2, 0.25) is 5.02 Å². The van der Waals surface area contributed by atoms with Gasteiger partial charge >= 0.3 is 0 Å². The van der Waals surface area contributed by atoms with Crippen molar-refractivity contribution < 1.29 is 4.79 Å². The van der Waals surface area contributed by atoms with Crippen molar-refractivity contribution in [2.75, 3.05) is 11.1 Å². The van der Waals surface area contributed by atoms with Crippen molar-refractivity contribution in [1.29, 1.82) is 0 Å². The minimum atomic E-state index is -0.381. The van der Waals surface area contributed by atoms with Crippen molar-refractivity contribution in [3.05, 3.63) is 58.0 Å². The topological polar surface area (TPSA) is 77.1 Å². The molecule has 0 aliphatic rings. The summed E-state index contributed by atoms with van der Waals surface area (Å²) < 4.78 is 1.25. The van der Waals surface area contributed by atoms with Gasteiger partial charge in [-0.15, -0.1) is 0 Å². The van der Waals surface area contributed by atoms with E-state index in [-0.39, 0.29) is 23.7 Å². The van der Waals surface area contributed by atoms with Crippen LogP contribution in [0.3, 0.4) is 0 Å². The number of aromatic nitrogens is 1. The Morgan fingerprint density at radius 2 is 1.95 bits per heavy atom. The summed E-state index contributed by atoms with van der Waals surface area (Å²) in [6.45, 7) is -0.0908. The van der Waals surface area contributed by atoms with Gasteiger partial charge in [-0.1, -0.05) is 11.6 Å². The first-order valence-electron chi connectivity index (χ1n) is 5.56. The van der Waals surface area contributed by atoms with Crippen LogP contribution in [0.25, 0.3) is 0 Å². The van der Waals surface area contributed by atoms with E-state index in [2.05, 4.69) is 5.32 Å². The summed E-state index contributed by atoms with van der Waals surface area (Å²) >= 11 is 5.74. The first-order chi connectivity index (χ1) is 9.06. The van der Waals surface area contributed by atoms with Crippen LogP contribution in [0.15, 0.2) is 47.4 Å². The van der Waals surface area contributed by atoms with E-state index in [1.807, 2.05) is 0 Å². The third-order valence-corrected chi connectivity index (χ3v) is 2.74. The molecule has 0 radical (unpaired) electrons. The average Bonchev–Trinajstić information content (AvgIpc) is 2.38. The molecule has 0 saturated heterocycles. The molecule has 0 aliphatic carbocycles. The number of hydrogen-bond acceptors (Lipinski definition) is 3. The van der Waals surface area contributed by atoms with E-state index in [1.165, 1.54) is 16.8 Å². The Labute approximate surface area is 114 Å². The van der Waals surface area contributed by atoms with Gasteiger partial charge in [0.25, 0.3) is 5.56 Å². The Bertz CT molecular complexity index is 650. The van der Waals surface area contributed by atoms with Crippen molar-refractivity contribution >= 4 is 28.9 Å². The third kappa shape index (κ3) is 3.35. The van der Waals surface area contributed by atoms with E-state index in [0.717, 1.165) is 0 Å². The highest BCUT2D eigenvalue weighted by Gasteiger charge is 2.06. The largest absolute Gasteiger partial charge is 0.394 e. The van der Waals surface area contributed by atoms with Crippen molar-refractivity contribution in [3.63, 3.8) is 0 Å². The molecule has 6 heteroatoms. The number of halogens is 1. The van der Waals surface area contributed by atoms with E-state index < -0.39 is 0 Å². The minimum absolute atomic E-state index is 0.0908. The lowest BCUT2D eigenvalue weighted by Gasteiger charge is -2.07. The Kier molecular flexibility index (Phi) is 3.87. The predicted octanol–water partition coefficient (Wildman–Crippen LogP) is 1.72. The van der Waals surface area contributed by atoms with Crippen LogP contribution in [-0.2, 0) is 11.3 Å². The third-order valence-electron chi connectivity index (χ3n) is 2.49. The molecule has 0 fully saturated rings. The molecule has 0 spiro atoms. The summed E-state index contributed by atoms with van der Waals surface area (Å²) in [5.41, 5.74) is 5.83. The lowest BCUT2D eigenvalue weighted by atomic mass is 10.3. The second kappa shape index (κ2) is 5.58. The standard InChI is InChI=1S/C13H12ClN3O2/c14-9-3-5-10(6-4-9)16-12(18)8-17-7-1-2-11(15)13(17)19/h1-7H,8,15H2,(H,16,18). The Morgan fingerprint density at radius 3 is 2.63 bits per heavy atom. The summed E-state index contributed by atoms with van der Waals surface area (Å²) in [5, 5.41) is 3.25. The first kappa shape index (κ1) is 13.2. The van der Waals surface area contributed by atoms with Gasteiger partial charge < -0.3 is 15.6 Å². The Hall–Kier alpha value is -2.27. The number of nitrogens with zero attached hydrogens (tertiary/aromatic N) is 1. The van der Waals surface area contributed by atoms with Crippen LogP contribution in [0.4, 0.5) is 11.4 Å². The van der Waals surface area contributed by atoms with Gasteiger partial charge in [0.2, 0.25) is 5.91 Å². The summed E-state index contributed by atoms with van der Waals surface area (Å²) in [6, 6.07) is 9.82. The van der Waals surface area contributed by atoms with Crippen LogP contribution >= 0.6 is 11.6 Å². The van der Waals surface area contributed by atoms with Crippen molar-refractivity contribution in [2.24, 2.45) is 0 Å². The SMILES string of the molecule is Nc1cccn(CC(=O)Nc2ccc(Cl)cc2)c1=O. The van der Waals surface area contributed by atoms with Gasteiger partial charge in [-0.3, -0.25) is 9.59 Å². The van der Waals surface area contributed by atoms with Crippen molar-refractivity contribution in [1.82, 2.24) is 4.57 Å². The van der Waals surface area contributed by atoms with Crippen LogP contribution in [0.1, 0.15) is 0 Å². The Balaban J connectivity index is 2.07. The molecule has 0 atom stereocenters. The van der Waals surface area contributed by atoms with Gasteiger partial charge in [0.15, 0.2) is 0 Å². The maximum atomic E-state index is 11.8. The van der Waals surface area contributed by atoms with Gasteiger partial charge in [-0.2, -0.15) is 0 Å². The zero-order valence-electron chi connectivity index (χ0n) is 9.97. The van der Waals surface area contributed by atoms with Crippen molar-refractivity contribution in [2.45, 2.75) is 6.54 Å². The van der Waals surface area contributed by atoms with Gasteiger partial charge in [-0.05, 0) is 36.4 Å². The van der Waals surface area contributed by atoms with Crippen LogP contribution in [0.5, 0.6) is 0 Å². The lowest BCUT2D eigenvalue weighted by molar-refractivity contribution is -0.116. The van der Waals surface area contributed by atoms with E-state index in [9.17, 15) is 9.59 Å². The molecular weight excluding hydrogens is 266 g/mol. The molecule has 1 amide bonds. The predicted molar refractivity (Wildman–Crippen MR) is 75.2 cm³/mol. The normalized spacial score (nSPS) is 10.2. The maximum Gasteiger partial charge on any atom is 0.274 e. The van der Waals surface area contributed by atoms with Gasteiger partial charge in [0.1, 0.15) is 6.54 Å². The van der Waals surface area contributed by atoms with E-state index >= 15 is 0 Å². The quantitative estimate of drug-likeness (QED) is 0.897. The number of hydrogen-bond donors (Lipinski definition) is 2. The summed E-state index contributed by atoms with van der Waals surface area (Å²) in [6.07, 6.45) is 1.51. The maximum absolute atomic E-state index is 11.8. The minimum Gasteiger partial charge on any atom is -0.394 e. The monoisotopic (exact) mass is 277 g/mol. The Morgan fingerprint density at radius 1 is 1.26 bits per heavy atom. The summed E-state index contributed by atoms with van der Waals surface area (Å²) in [5.74, 6) is -0.310. The smallest absolute Gasteiger partial charge is 0.274 e. The molecule has 98 valence electrons. The number of rotatable bonds is 3. The highest BCUT2D eigenvalue weighted by atomic mass is 35.5. The number of benzene rings is 1. The van der Waals surface area contributed by atoms with Crippen LogP contribution in [-0.4, -0.2) is 10.5 Å². The number of carbonyl (C=O) groups is 1. The van der Waals surface area contributed by atoms with Crippen LogP contribution in [0, 0.1) is 0 Å². The van der Waals surface area contributed by atoms with E-state index in [1.54, 1.807) is 30.3 Å². The van der Waals surface area contributed by atoms with E-state index in [4.69, 9.17) is 17.3 Å². The fourth-order valence-corrected chi connectivity index (χ4v) is 1.69. The number of pyridine rings is 1. The molecule has 2 aromatic rings. The molecular formula is C13H12ClN3O2. The molecule has 0 bridgehead atoms. The molecule has 5 nitrogen and oxygen atoms in total. The number of nitrogen functional groups attached to an aromatic ring is 1. The van der Waals surface area contributed by atoms with Gasteiger partial charge in [0, 0.05) is 16.9 Å². The highest BCUT2D eigenvalue weighted by molar-refractivity contribution is 6.30. The summed E-state index contributed by atoms with van der Waals surface area (Å²) in [4.78, 5) is 23.4. The van der Waals surface area contributed by atoms with Crippen molar-refractivity contribution in [3.8, 4) is 0 Å². The molecule has 19 heavy (non-hydrogen) atoms. The highest BCUT2D eigenvalue weighted by Crippen LogP contribution is 2.13. The number of anilines is 2. The molecule has 0 saturated carbocycles. The summed E-state index contributed by atoms with van der Waals surface area (Å²) in [7, 11) is 0. The molecule has 0 aliphatic heterocycles. The van der Waals surface area contributed by atoms with Gasteiger partial charge in [0.05, 0.1) is 5.69 Å². The second-order valence-corrected chi connectivity index (χ2v) is 4.39. The fraction of sp³-hybridized carbons (Fsp3) is 0.0769. The lowest BCUT2D eigenvalue weighted by Crippen LogP contribution is -2.28. The first-order valence-corrected chi connectivity index (χ1v) is 5.94. The number of nitrogens with one attached hydrogen (secondary N) is 1. The second-order valence-electron chi connectivity index (χ2n) is 3.95. The van der Waals surface area contributed by atoms with Gasteiger partial charge in [-0.25, -0.2) is 0 Å².